The minimum Gasteiger partial charge on any atom is -0.496 e. The second-order valence-corrected chi connectivity index (χ2v) is 4.62. The number of nitrogens with one attached hydrogen (secondary N) is 2. The van der Waals surface area contributed by atoms with Crippen molar-refractivity contribution in [1.29, 1.82) is 0 Å². The molecule has 5 heteroatoms. The normalized spacial score (nSPS) is 11.2. The average molecular weight is 248 g/mol. The van der Waals surface area contributed by atoms with Crippen LogP contribution in [0.5, 0.6) is 5.75 Å². The predicted molar refractivity (Wildman–Crippen MR) is 70.6 cm³/mol. The Morgan fingerprint density at radius 3 is 2.44 bits per heavy atom. The van der Waals surface area contributed by atoms with Crippen molar-refractivity contribution >= 4 is 10.9 Å². The number of benzene rings is 1. The van der Waals surface area contributed by atoms with E-state index in [9.17, 15) is 9.59 Å². The van der Waals surface area contributed by atoms with Crippen LogP contribution >= 0.6 is 0 Å². The molecule has 5 nitrogen and oxygen atoms in total. The van der Waals surface area contributed by atoms with E-state index >= 15 is 0 Å². The summed E-state index contributed by atoms with van der Waals surface area (Å²) in [7, 11) is 1.58. The zero-order valence-electron chi connectivity index (χ0n) is 10.9. The van der Waals surface area contributed by atoms with Gasteiger partial charge in [0.05, 0.1) is 18.0 Å². The summed E-state index contributed by atoms with van der Waals surface area (Å²) in [4.78, 5) is 28.3. The van der Waals surface area contributed by atoms with Gasteiger partial charge in [-0.25, -0.2) is 4.79 Å². The molecule has 2 N–H and O–H groups in total. The Bertz CT molecular complexity index is 710. The van der Waals surface area contributed by atoms with E-state index in [0.717, 1.165) is 11.1 Å². The number of aromatic amines is 2. The fraction of sp³-hybridized carbons (Fsp3) is 0.385. The Labute approximate surface area is 104 Å². The third-order valence-corrected chi connectivity index (χ3v) is 3.02. The zero-order valence-corrected chi connectivity index (χ0v) is 10.9. The molecule has 2 rings (SSSR count). The van der Waals surface area contributed by atoms with E-state index in [4.69, 9.17) is 4.74 Å². The van der Waals surface area contributed by atoms with Crippen molar-refractivity contribution in [3.05, 3.63) is 38.0 Å². The molecule has 0 fully saturated rings. The highest BCUT2D eigenvalue weighted by Gasteiger charge is 2.17. The zero-order chi connectivity index (χ0) is 13.4. The van der Waals surface area contributed by atoms with Crippen LogP contribution in [0.15, 0.2) is 15.7 Å². The molecule has 1 heterocycles. The molecule has 18 heavy (non-hydrogen) atoms. The number of hydrogen-bond acceptors (Lipinski definition) is 3. The maximum Gasteiger partial charge on any atom is 0.326 e. The lowest BCUT2D eigenvalue weighted by Crippen LogP contribution is -2.23. The van der Waals surface area contributed by atoms with Crippen LogP contribution in [0.2, 0.25) is 0 Å². The summed E-state index contributed by atoms with van der Waals surface area (Å²) in [5, 5.41) is 0.501. The summed E-state index contributed by atoms with van der Waals surface area (Å²) in [5.41, 5.74) is 1.34. The SMILES string of the molecule is COc1cc(C)c2[nH]c(=O)[nH]c(=O)c2c1C(C)C. The number of fused-ring (bicyclic) bond motifs is 1. The number of ether oxygens (including phenoxy) is 1. The summed E-state index contributed by atoms with van der Waals surface area (Å²) in [6.45, 7) is 5.80. The Kier molecular flexibility index (Phi) is 2.98. The fourth-order valence-corrected chi connectivity index (χ4v) is 2.25. The van der Waals surface area contributed by atoms with Crippen molar-refractivity contribution in [2.45, 2.75) is 26.7 Å². The van der Waals surface area contributed by atoms with Gasteiger partial charge >= 0.3 is 5.69 Å². The number of H-pyrrole nitrogens is 2. The van der Waals surface area contributed by atoms with E-state index in [0.29, 0.717) is 16.7 Å². The third kappa shape index (κ3) is 1.81. The number of aryl methyl sites for hydroxylation is 1. The smallest absolute Gasteiger partial charge is 0.326 e. The van der Waals surface area contributed by atoms with E-state index in [1.54, 1.807) is 7.11 Å². The van der Waals surface area contributed by atoms with Gasteiger partial charge in [-0.05, 0) is 24.5 Å². The molecule has 0 aliphatic rings. The first kappa shape index (κ1) is 12.4. The second-order valence-electron chi connectivity index (χ2n) is 4.62. The van der Waals surface area contributed by atoms with Crippen molar-refractivity contribution in [1.82, 2.24) is 9.97 Å². The van der Waals surface area contributed by atoms with Gasteiger partial charge in [0.2, 0.25) is 0 Å². The first-order chi connectivity index (χ1) is 8.45. The standard InChI is InChI=1S/C13H16N2O3/c1-6(2)9-8(18-4)5-7(3)11-10(9)12(16)15-13(17)14-11/h5-6H,1-4H3,(H2,14,15,16,17). The molecule has 96 valence electrons. The van der Waals surface area contributed by atoms with Crippen LogP contribution in [-0.2, 0) is 0 Å². The van der Waals surface area contributed by atoms with Gasteiger partial charge in [0, 0.05) is 5.56 Å². The van der Waals surface area contributed by atoms with Gasteiger partial charge in [0.15, 0.2) is 0 Å². The van der Waals surface area contributed by atoms with Crippen molar-refractivity contribution in [2.75, 3.05) is 7.11 Å². The molecular formula is C13H16N2O3. The van der Waals surface area contributed by atoms with Gasteiger partial charge in [-0.15, -0.1) is 0 Å². The molecule has 2 aromatic rings. The molecule has 0 atom stereocenters. The molecule has 0 spiro atoms. The van der Waals surface area contributed by atoms with Crippen molar-refractivity contribution in [3.8, 4) is 5.75 Å². The summed E-state index contributed by atoms with van der Waals surface area (Å²) in [6.07, 6.45) is 0. The highest BCUT2D eigenvalue weighted by atomic mass is 16.5. The van der Waals surface area contributed by atoms with Crippen LogP contribution in [0.1, 0.15) is 30.9 Å². The minimum absolute atomic E-state index is 0.120. The lowest BCUT2D eigenvalue weighted by atomic mass is 9.95. The quantitative estimate of drug-likeness (QED) is 0.848. The minimum atomic E-state index is -0.490. The maximum atomic E-state index is 12.0. The molecule has 0 saturated carbocycles. The Balaban J connectivity index is 3.08. The van der Waals surface area contributed by atoms with Gasteiger partial charge in [-0.3, -0.25) is 9.78 Å². The summed E-state index contributed by atoms with van der Waals surface area (Å²) >= 11 is 0. The Morgan fingerprint density at radius 1 is 1.22 bits per heavy atom. The fourth-order valence-electron chi connectivity index (χ4n) is 2.25. The lowest BCUT2D eigenvalue weighted by molar-refractivity contribution is 0.408. The van der Waals surface area contributed by atoms with E-state index < -0.39 is 5.69 Å². The van der Waals surface area contributed by atoms with Crippen LogP contribution in [0.25, 0.3) is 10.9 Å². The summed E-state index contributed by atoms with van der Waals surface area (Å²) < 4.78 is 5.34. The Morgan fingerprint density at radius 2 is 1.89 bits per heavy atom. The van der Waals surface area contributed by atoms with Gasteiger partial charge < -0.3 is 9.72 Å². The molecule has 0 aliphatic heterocycles. The van der Waals surface area contributed by atoms with E-state index in [-0.39, 0.29) is 11.5 Å². The number of aromatic nitrogens is 2. The lowest BCUT2D eigenvalue weighted by Gasteiger charge is -2.15. The van der Waals surface area contributed by atoms with Gasteiger partial charge in [0.25, 0.3) is 5.56 Å². The number of hydrogen-bond donors (Lipinski definition) is 2. The Hall–Kier alpha value is -2.04. The first-order valence-electron chi connectivity index (χ1n) is 5.79. The molecule has 0 bridgehead atoms. The molecule has 0 aliphatic carbocycles. The molecule has 0 amide bonds. The van der Waals surface area contributed by atoms with Crippen LogP contribution in [-0.4, -0.2) is 17.1 Å². The summed E-state index contributed by atoms with van der Waals surface area (Å²) in [6, 6.07) is 1.84. The second kappa shape index (κ2) is 4.33. The molecule has 1 aromatic carbocycles. The van der Waals surface area contributed by atoms with Crippen LogP contribution in [0, 0.1) is 6.92 Å². The van der Waals surface area contributed by atoms with Gasteiger partial charge in [-0.1, -0.05) is 13.8 Å². The highest BCUT2D eigenvalue weighted by Crippen LogP contribution is 2.32. The molecule has 1 aromatic heterocycles. The molecule has 0 saturated heterocycles. The summed E-state index contributed by atoms with van der Waals surface area (Å²) in [5.74, 6) is 0.794. The average Bonchev–Trinajstić information content (AvgIpc) is 2.29. The largest absolute Gasteiger partial charge is 0.496 e. The molecule has 0 unspecified atom stereocenters. The number of methoxy groups -OCH3 is 1. The highest BCUT2D eigenvalue weighted by molar-refractivity contribution is 5.87. The molecular weight excluding hydrogens is 232 g/mol. The van der Waals surface area contributed by atoms with Gasteiger partial charge in [0.1, 0.15) is 5.75 Å². The van der Waals surface area contributed by atoms with Gasteiger partial charge in [-0.2, -0.15) is 0 Å². The van der Waals surface area contributed by atoms with Crippen molar-refractivity contribution in [3.63, 3.8) is 0 Å². The van der Waals surface area contributed by atoms with E-state index in [2.05, 4.69) is 9.97 Å². The first-order valence-corrected chi connectivity index (χ1v) is 5.79. The van der Waals surface area contributed by atoms with Crippen LogP contribution in [0.4, 0.5) is 0 Å². The third-order valence-electron chi connectivity index (χ3n) is 3.02. The van der Waals surface area contributed by atoms with Crippen LogP contribution < -0.4 is 16.0 Å². The van der Waals surface area contributed by atoms with Crippen LogP contribution in [0.3, 0.4) is 0 Å². The molecule has 0 radical (unpaired) electrons. The van der Waals surface area contributed by atoms with E-state index in [1.165, 1.54) is 0 Å². The number of rotatable bonds is 2. The predicted octanol–water partition coefficient (Wildman–Crippen LogP) is 1.66. The van der Waals surface area contributed by atoms with E-state index in [1.807, 2.05) is 26.8 Å². The maximum absolute atomic E-state index is 12.0. The monoisotopic (exact) mass is 248 g/mol. The topological polar surface area (TPSA) is 75.0 Å². The van der Waals surface area contributed by atoms with Crippen molar-refractivity contribution < 1.29 is 4.74 Å². The van der Waals surface area contributed by atoms with Crippen molar-refractivity contribution in [2.24, 2.45) is 0 Å².